The number of carbonyl (C=O) groups excluding carboxylic acids is 6. The van der Waals surface area contributed by atoms with Crippen molar-refractivity contribution in [3.63, 3.8) is 0 Å². The maximum absolute atomic E-state index is 9.43. The number of aldehydes is 1. The van der Waals surface area contributed by atoms with Gasteiger partial charge in [-0.3, -0.25) is 11.1 Å². The smallest absolute Gasteiger partial charge is 0.542 e. The summed E-state index contributed by atoms with van der Waals surface area (Å²) in [4.78, 5) is 60.5. The maximum Gasteiger partial charge on any atom is 1.00 e. The van der Waals surface area contributed by atoms with E-state index in [0.29, 0.717) is 12.7 Å². The molecule has 0 unspecified atom stereocenters. The number of thioether (sulfide) groups is 1. The van der Waals surface area contributed by atoms with Gasteiger partial charge in [-0.2, -0.15) is 30.9 Å². The number of rotatable bonds is 5. The van der Waals surface area contributed by atoms with Crippen LogP contribution in [0.15, 0.2) is 0 Å². The fraction of sp³-hybridized carbons (Fsp3) is 0.444. The Labute approximate surface area is 135 Å². The molecule has 1 N–H and O–H groups in total. The molecule has 0 bridgehead atoms. The number of aliphatic carboxylic acids is 1. The third-order valence-corrected chi connectivity index (χ3v) is 1.28. The van der Waals surface area contributed by atoms with Crippen molar-refractivity contribution < 1.29 is 68.2 Å². The largest absolute Gasteiger partial charge is 1.00 e. The molecule has 0 aliphatic rings. The summed E-state index contributed by atoms with van der Waals surface area (Å²) in [6.45, 7) is 0. The summed E-state index contributed by atoms with van der Waals surface area (Å²) in [5, 5.41) is 7.68. The first-order valence-corrected chi connectivity index (χ1v) is 5.39. The van der Waals surface area contributed by atoms with Crippen LogP contribution in [0.25, 0.3) is 0 Å². The molecule has 0 aromatic carbocycles. The Hall–Kier alpha value is -1.08. The fourth-order valence-corrected chi connectivity index (χ4v) is 0.502. The summed E-state index contributed by atoms with van der Waals surface area (Å²) < 4.78 is 0. The van der Waals surface area contributed by atoms with Crippen molar-refractivity contribution in [2.24, 2.45) is 0 Å². The second-order valence-corrected chi connectivity index (χ2v) is 2.80. The molecule has 0 radical (unpaired) electrons. The number of hydrogen-bond donors (Lipinski definition) is 1. The number of carbonyl (C=O) groups is 2. The molecule has 19 heavy (non-hydrogen) atoms. The van der Waals surface area contributed by atoms with Gasteiger partial charge in [0.15, 0.2) is 0 Å². The van der Waals surface area contributed by atoms with Crippen LogP contribution in [0.3, 0.4) is 0 Å². The number of carboxylic acid groups (broad SMARTS) is 1. The van der Waals surface area contributed by atoms with E-state index in [1.165, 1.54) is 0 Å². The maximum atomic E-state index is 9.43. The van der Waals surface area contributed by atoms with Crippen molar-refractivity contribution in [2.45, 2.75) is 12.8 Å². The van der Waals surface area contributed by atoms with Gasteiger partial charge >= 0.3 is 47.8 Å². The van der Waals surface area contributed by atoms with E-state index in [1.54, 1.807) is 18.0 Å². The Balaban J connectivity index is -0.0000000476. The van der Waals surface area contributed by atoms with Crippen LogP contribution in [0.5, 0.6) is 0 Å². The molecule has 10 heteroatoms. The SMILES string of the molecule is CSCC[C-]=O.O=C=O.O=C=O.O=CCC(=O)O.[Na+]. The van der Waals surface area contributed by atoms with Crippen molar-refractivity contribution >= 4 is 42.6 Å². The second-order valence-electron chi connectivity index (χ2n) is 1.82. The Morgan fingerprint density at radius 1 is 1.26 bits per heavy atom. The molecule has 0 aromatic rings. The molecule has 8 nitrogen and oxygen atoms in total. The van der Waals surface area contributed by atoms with E-state index < -0.39 is 5.97 Å². The van der Waals surface area contributed by atoms with Gasteiger partial charge in [0.2, 0.25) is 0 Å². The van der Waals surface area contributed by atoms with E-state index in [4.69, 9.17) is 24.3 Å². The van der Waals surface area contributed by atoms with E-state index in [1.807, 2.05) is 6.26 Å². The summed E-state index contributed by atoms with van der Waals surface area (Å²) in [5.41, 5.74) is 0. The minimum Gasteiger partial charge on any atom is -0.542 e. The van der Waals surface area contributed by atoms with Crippen molar-refractivity contribution in [3.8, 4) is 0 Å². The summed E-state index contributed by atoms with van der Waals surface area (Å²) in [6, 6.07) is 0. The molecular weight excluding hydrogens is 291 g/mol. The van der Waals surface area contributed by atoms with E-state index >= 15 is 0 Å². The zero-order valence-corrected chi connectivity index (χ0v) is 13.2. The Morgan fingerprint density at radius 2 is 1.63 bits per heavy atom. The summed E-state index contributed by atoms with van der Waals surface area (Å²) in [7, 11) is 0. The second kappa shape index (κ2) is 43.6. The Bertz CT molecular complexity index is 257. The fourth-order valence-electron chi connectivity index (χ4n) is 0.215. The molecule has 0 heterocycles. The van der Waals surface area contributed by atoms with Crippen LogP contribution < -0.4 is 29.6 Å². The monoisotopic (exact) mass is 302 g/mol. The predicted molar refractivity (Wildman–Crippen MR) is 57.0 cm³/mol. The molecular formula is C9H11NaO8S. The van der Waals surface area contributed by atoms with Crippen LogP contribution in [-0.4, -0.2) is 48.0 Å². The molecule has 0 spiro atoms. The topological polar surface area (TPSA) is 140 Å². The minimum atomic E-state index is -1.08. The third kappa shape index (κ3) is 156. The van der Waals surface area contributed by atoms with E-state index in [9.17, 15) is 14.4 Å². The molecule has 0 aliphatic heterocycles. The van der Waals surface area contributed by atoms with Gasteiger partial charge < -0.3 is 14.7 Å². The molecule has 0 fully saturated rings. The number of hydrogen-bond acceptors (Lipinski definition) is 8. The first-order valence-electron chi connectivity index (χ1n) is 4.00. The Kier molecular flexibility index (Phi) is 70.5. The van der Waals surface area contributed by atoms with Gasteiger partial charge in [-0.25, -0.2) is 0 Å². The van der Waals surface area contributed by atoms with Crippen LogP contribution in [0.1, 0.15) is 12.8 Å². The van der Waals surface area contributed by atoms with Gasteiger partial charge in [-0.15, -0.1) is 6.42 Å². The standard InChI is InChI=1S/C4H7OS.C3H4O3.2CO2.Na/c1-6-4-2-3-5;4-2-1-3(5)6;2*2-1-3;/h2,4H2,1H3;2H,1H2,(H,5,6);;;/q-1;;;;+1. The van der Waals surface area contributed by atoms with Gasteiger partial charge in [0, 0.05) is 0 Å². The van der Waals surface area contributed by atoms with Crippen molar-refractivity contribution in [1.82, 2.24) is 0 Å². The first-order chi connectivity index (χ1) is 8.51. The van der Waals surface area contributed by atoms with Crippen molar-refractivity contribution in [2.75, 3.05) is 12.0 Å². The van der Waals surface area contributed by atoms with Crippen molar-refractivity contribution in [3.05, 3.63) is 0 Å². The molecule has 0 saturated heterocycles. The van der Waals surface area contributed by atoms with E-state index in [0.717, 1.165) is 5.75 Å². The normalized spacial score (nSPS) is 5.74. The number of carboxylic acids is 1. The molecule has 0 aromatic heterocycles. The molecule has 0 amide bonds. The average molecular weight is 302 g/mol. The van der Waals surface area contributed by atoms with Crippen LogP contribution in [0.2, 0.25) is 0 Å². The Morgan fingerprint density at radius 3 is 1.68 bits per heavy atom. The summed E-state index contributed by atoms with van der Waals surface area (Å²) in [6.07, 6.45) is 4.80. The van der Waals surface area contributed by atoms with E-state index in [2.05, 4.69) is 0 Å². The van der Waals surface area contributed by atoms with Gasteiger partial charge in [0.1, 0.15) is 12.7 Å². The average Bonchev–Trinajstić information content (AvgIpc) is 2.29. The molecule has 0 atom stereocenters. The van der Waals surface area contributed by atoms with Crippen LogP contribution in [0, 0.1) is 0 Å². The van der Waals surface area contributed by atoms with Gasteiger partial charge in [-0.05, 0) is 12.0 Å². The quantitative estimate of drug-likeness (QED) is 0.179. The first kappa shape index (κ1) is 30.7. The van der Waals surface area contributed by atoms with Gasteiger partial charge in [0.25, 0.3) is 0 Å². The minimum absolute atomic E-state index is 0. The van der Waals surface area contributed by atoms with Crippen molar-refractivity contribution in [1.29, 1.82) is 0 Å². The molecule has 0 rings (SSSR count). The zero-order valence-electron chi connectivity index (χ0n) is 10.4. The molecule has 0 aliphatic carbocycles. The van der Waals surface area contributed by atoms with Gasteiger partial charge in [0.05, 0.1) is 0 Å². The van der Waals surface area contributed by atoms with Crippen LogP contribution in [0.4, 0.5) is 0 Å². The molecule has 0 saturated carbocycles. The van der Waals surface area contributed by atoms with E-state index in [-0.39, 0.29) is 48.3 Å². The summed E-state index contributed by atoms with van der Waals surface area (Å²) in [5.74, 6) is -0.172. The summed E-state index contributed by atoms with van der Waals surface area (Å²) >= 11 is 1.66. The predicted octanol–water partition coefficient (Wildman–Crippen LogP) is -3.65. The molecule has 102 valence electrons. The van der Waals surface area contributed by atoms with Crippen LogP contribution in [-0.2, 0) is 33.6 Å². The van der Waals surface area contributed by atoms with Crippen LogP contribution >= 0.6 is 11.8 Å². The van der Waals surface area contributed by atoms with Gasteiger partial charge in [-0.1, -0.05) is 0 Å². The third-order valence-electron chi connectivity index (χ3n) is 0.666. The zero-order chi connectivity index (χ0) is 15.2.